The van der Waals surface area contributed by atoms with E-state index in [4.69, 9.17) is 18.9 Å². The minimum absolute atomic E-state index is 0.152. The summed E-state index contributed by atoms with van der Waals surface area (Å²) < 4.78 is 22.8. The van der Waals surface area contributed by atoms with Crippen LogP contribution in [0.25, 0.3) is 28.3 Å². The predicted molar refractivity (Wildman–Crippen MR) is 115 cm³/mol. The summed E-state index contributed by atoms with van der Waals surface area (Å²) in [4.78, 5) is 10.9. The number of rotatable bonds is 7. The summed E-state index contributed by atoms with van der Waals surface area (Å²) in [7, 11) is 5.95. The van der Waals surface area contributed by atoms with Crippen LogP contribution < -0.4 is 18.9 Å². The molecule has 0 amide bonds. The van der Waals surface area contributed by atoms with E-state index in [-0.39, 0.29) is 11.4 Å². The number of benzene rings is 2. The van der Waals surface area contributed by atoms with E-state index in [2.05, 4.69) is 15.3 Å². The number of fused-ring (bicyclic) bond motifs is 1. The molecule has 2 aromatic heterocycles. The van der Waals surface area contributed by atoms with Gasteiger partial charge in [-0.15, -0.1) is 10.2 Å². The molecule has 0 bridgehead atoms. The van der Waals surface area contributed by atoms with Gasteiger partial charge in [-0.05, 0) is 36.4 Å². The number of methoxy groups -OCH3 is 4. The topological polar surface area (TPSA) is 123 Å². The maximum absolute atomic E-state index is 11.4. The van der Waals surface area contributed by atoms with Gasteiger partial charge in [0.15, 0.2) is 28.7 Å². The molecule has 4 aromatic rings. The van der Waals surface area contributed by atoms with E-state index < -0.39 is 4.92 Å². The molecule has 11 heteroatoms. The highest BCUT2D eigenvalue weighted by Crippen LogP contribution is 2.41. The molecule has 164 valence electrons. The van der Waals surface area contributed by atoms with Gasteiger partial charge >= 0.3 is 5.69 Å². The van der Waals surface area contributed by atoms with Crippen LogP contribution >= 0.6 is 0 Å². The van der Waals surface area contributed by atoms with Crippen LogP contribution in [0.3, 0.4) is 0 Å². The average molecular weight is 437 g/mol. The SMILES string of the molecule is COc1ccc(-c2ccc3nnc(-c4cc(OC)c(OC)c(OC)c4)n3n2)cc1[N+](=O)[O-]. The normalized spacial score (nSPS) is 10.8. The minimum Gasteiger partial charge on any atom is -0.493 e. The molecule has 11 nitrogen and oxygen atoms in total. The summed E-state index contributed by atoms with van der Waals surface area (Å²) in [5, 5.41) is 24.4. The first kappa shape index (κ1) is 20.8. The molecular formula is C21H19N5O6. The molecule has 0 aliphatic rings. The number of hydrogen-bond acceptors (Lipinski definition) is 9. The van der Waals surface area contributed by atoms with Crippen LogP contribution in [0.4, 0.5) is 5.69 Å². The van der Waals surface area contributed by atoms with Crippen molar-refractivity contribution in [1.82, 2.24) is 19.8 Å². The zero-order valence-electron chi connectivity index (χ0n) is 17.7. The Morgan fingerprint density at radius 1 is 0.812 bits per heavy atom. The lowest BCUT2D eigenvalue weighted by molar-refractivity contribution is -0.385. The molecule has 0 atom stereocenters. The summed E-state index contributed by atoms with van der Waals surface area (Å²) in [6.45, 7) is 0. The van der Waals surface area contributed by atoms with Crippen LogP contribution in [0.1, 0.15) is 0 Å². The molecule has 0 aliphatic carbocycles. The van der Waals surface area contributed by atoms with Crippen LogP contribution in [-0.4, -0.2) is 53.2 Å². The quantitative estimate of drug-likeness (QED) is 0.316. The number of aromatic nitrogens is 4. The van der Waals surface area contributed by atoms with Crippen LogP contribution in [0.15, 0.2) is 42.5 Å². The van der Waals surface area contributed by atoms with E-state index in [0.29, 0.717) is 45.5 Å². The Hall–Kier alpha value is -4.41. The first-order valence-electron chi connectivity index (χ1n) is 9.36. The molecular weight excluding hydrogens is 418 g/mol. The van der Waals surface area contributed by atoms with E-state index in [1.54, 1.807) is 34.8 Å². The molecule has 0 fully saturated rings. The van der Waals surface area contributed by atoms with Gasteiger partial charge < -0.3 is 18.9 Å². The van der Waals surface area contributed by atoms with Gasteiger partial charge in [0.05, 0.1) is 39.1 Å². The number of nitro benzene ring substituents is 1. The van der Waals surface area contributed by atoms with Crippen molar-refractivity contribution in [2.75, 3.05) is 28.4 Å². The molecule has 0 N–H and O–H groups in total. The van der Waals surface area contributed by atoms with Gasteiger partial charge in [0.2, 0.25) is 5.75 Å². The fourth-order valence-electron chi connectivity index (χ4n) is 3.33. The second-order valence-electron chi connectivity index (χ2n) is 6.57. The third-order valence-corrected chi connectivity index (χ3v) is 4.86. The molecule has 2 aromatic carbocycles. The summed E-state index contributed by atoms with van der Waals surface area (Å²) in [6.07, 6.45) is 0. The zero-order chi connectivity index (χ0) is 22.8. The summed E-state index contributed by atoms with van der Waals surface area (Å²) in [5.41, 5.74) is 2.03. The van der Waals surface area contributed by atoms with Gasteiger partial charge in [-0.1, -0.05) is 0 Å². The Morgan fingerprint density at radius 3 is 2.09 bits per heavy atom. The summed E-state index contributed by atoms with van der Waals surface area (Å²) >= 11 is 0. The van der Waals surface area contributed by atoms with Gasteiger partial charge in [-0.3, -0.25) is 10.1 Å². The van der Waals surface area contributed by atoms with Gasteiger partial charge in [0.1, 0.15) is 0 Å². The molecule has 0 unspecified atom stereocenters. The first-order chi connectivity index (χ1) is 15.5. The van der Waals surface area contributed by atoms with Gasteiger partial charge in [-0.25, -0.2) is 0 Å². The minimum atomic E-state index is -0.499. The Balaban J connectivity index is 1.86. The molecule has 32 heavy (non-hydrogen) atoms. The van der Waals surface area contributed by atoms with E-state index in [0.717, 1.165) is 0 Å². The molecule has 0 spiro atoms. The first-order valence-corrected chi connectivity index (χ1v) is 9.36. The van der Waals surface area contributed by atoms with Crippen molar-refractivity contribution in [3.05, 3.63) is 52.6 Å². The molecule has 0 aliphatic heterocycles. The van der Waals surface area contributed by atoms with Gasteiger partial charge in [0.25, 0.3) is 0 Å². The third-order valence-electron chi connectivity index (χ3n) is 4.86. The lowest BCUT2D eigenvalue weighted by Crippen LogP contribution is -2.00. The van der Waals surface area contributed by atoms with E-state index in [1.807, 2.05) is 0 Å². The largest absolute Gasteiger partial charge is 0.493 e. The highest BCUT2D eigenvalue weighted by Gasteiger charge is 2.20. The zero-order valence-corrected chi connectivity index (χ0v) is 17.7. The monoisotopic (exact) mass is 437 g/mol. The Bertz CT molecular complexity index is 1290. The van der Waals surface area contributed by atoms with Crippen LogP contribution in [0.5, 0.6) is 23.0 Å². The molecule has 4 rings (SSSR count). The summed E-state index contributed by atoms with van der Waals surface area (Å²) in [5.74, 6) is 1.97. The van der Waals surface area contributed by atoms with Crippen LogP contribution in [-0.2, 0) is 0 Å². The Kier molecular flexibility index (Phi) is 5.46. The van der Waals surface area contributed by atoms with E-state index >= 15 is 0 Å². The standard InChI is InChI=1S/C21H19N5O6/c1-29-16-7-5-12(9-15(16)26(27)28)14-6-8-19-22-23-21(25(19)24-14)13-10-17(30-2)20(32-4)18(11-13)31-3/h5-11H,1-4H3. The summed E-state index contributed by atoms with van der Waals surface area (Å²) in [6, 6.07) is 11.6. The fraction of sp³-hybridized carbons (Fsp3) is 0.190. The number of hydrogen-bond donors (Lipinski definition) is 0. The number of ether oxygens (including phenoxy) is 4. The number of nitro groups is 1. The van der Waals surface area contributed by atoms with Crippen molar-refractivity contribution in [3.63, 3.8) is 0 Å². The molecule has 2 heterocycles. The second-order valence-corrected chi connectivity index (χ2v) is 6.57. The average Bonchev–Trinajstić information content (AvgIpc) is 3.25. The van der Waals surface area contributed by atoms with Crippen molar-refractivity contribution in [3.8, 4) is 45.6 Å². The Morgan fingerprint density at radius 2 is 1.50 bits per heavy atom. The van der Waals surface area contributed by atoms with Crippen molar-refractivity contribution in [1.29, 1.82) is 0 Å². The molecule has 0 radical (unpaired) electrons. The smallest absolute Gasteiger partial charge is 0.311 e. The lowest BCUT2D eigenvalue weighted by Gasteiger charge is -2.13. The van der Waals surface area contributed by atoms with E-state index in [9.17, 15) is 10.1 Å². The van der Waals surface area contributed by atoms with E-state index in [1.165, 1.54) is 40.6 Å². The van der Waals surface area contributed by atoms with Crippen LogP contribution in [0.2, 0.25) is 0 Å². The van der Waals surface area contributed by atoms with Crippen molar-refractivity contribution in [2.45, 2.75) is 0 Å². The highest BCUT2D eigenvalue weighted by molar-refractivity contribution is 5.70. The fourth-order valence-corrected chi connectivity index (χ4v) is 3.33. The Labute approximate surface area is 182 Å². The van der Waals surface area contributed by atoms with Crippen molar-refractivity contribution < 1.29 is 23.9 Å². The third kappa shape index (κ3) is 3.49. The van der Waals surface area contributed by atoms with Gasteiger partial charge in [-0.2, -0.15) is 9.61 Å². The van der Waals surface area contributed by atoms with Gasteiger partial charge in [0, 0.05) is 17.2 Å². The number of nitrogens with zero attached hydrogens (tertiary/aromatic N) is 5. The maximum atomic E-state index is 11.4. The maximum Gasteiger partial charge on any atom is 0.311 e. The second kappa shape index (κ2) is 8.38. The lowest BCUT2D eigenvalue weighted by atomic mass is 10.1. The van der Waals surface area contributed by atoms with Crippen molar-refractivity contribution in [2.24, 2.45) is 0 Å². The molecule has 0 saturated heterocycles. The predicted octanol–water partition coefficient (Wildman–Crippen LogP) is 3.40. The highest BCUT2D eigenvalue weighted by atomic mass is 16.6. The van der Waals surface area contributed by atoms with Crippen LogP contribution in [0, 0.1) is 10.1 Å². The molecule has 0 saturated carbocycles. The van der Waals surface area contributed by atoms with Crippen molar-refractivity contribution >= 4 is 11.3 Å².